The zero-order chi connectivity index (χ0) is 58.4. The molecule has 16 N–H and O–H groups in total. The Morgan fingerprint density at radius 3 is 1.42 bits per heavy atom. The predicted octanol–water partition coefficient (Wildman–Crippen LogP) is -1.37. The highest BCUT2D eigenvalue weighted by Gasteiger charge is 2.37. The van der Waals surface area contributed by atoms with Gasteiger partial charge in [-0.25, -0.2) is 4.79 Å². The molecule has 0 saturated heterocycles. The van der Waals surface area contributed by atoms with Crippen LogP contribution in [0.5, 0.6) is 0 Å². The van der Waals surface area contributed by atoms with E-state index in [1.165, 1.54) is 18.7 Å². The second-order valence-corrected chi connectivity index (χ2v) is 21.6. The summed E-state index contributed by atoms with van der Waals surface area (Å²) in [5.41, 5.74) is 11.6. The lowest BCUT2D eigenvalue weighted by molar-refractivity contribution is -0.144. The molecular weight excluding hydrogens is 1030 g/mol. The van der Waals surface area contributed by atoms with Gasteiger partial charge in [-0.2, -0.15) is 24.4 Å². The van der Waals surface area contributed by atoms with Crippen LogP contribution in [0.2, 0.25) is 0 Å². The Morgan fingerprint density at radius 1 is 0.539 bits per heavy atom. The summed E-state index contributed by atoms with van der Waals surface area (Å²) in [6.07, 6.45) is 1.64. The van der Waals surface area contributed by atoms with Crippen LogP contribution in [0, 0.1) is 23.7 Å². The molecule has 9 amide bonds. The molecule has 76 heavy (non-hydrogen) atoms. The SMILES string of the molecule is CC[C@H](C)[C@H](NC(=O)[C@H](CC(C)C)NC(=O)[C@H](CC(C)C)NC(=O)[C@H](CCSC)NC(=O)CNC(=O)[C@H](CS)NC(=O)[C@H](CC(C)C)NC(=O)[C@@H](N)CCCCN)C(=O)N[C@H](C(=O)N[C@@H](CCC(=O)O)C(=O)O)[C@@H](C)O. The zero-order valence-corrected chi connectivity index (χ0v) is 47.5. The molecule has 0 aliphatic carbocycles. The number of carboxylic acids is 2. The molecule has 0 unspecified atom stereocenters. The molecular formula is C49H89N11O14S2. The van der Waals surface area contributed by atoms with E-state index in [2.05, 4.69) is 60.5 Å². The van der Waals surface area contributed by atoms with E-state index in [0.29, 0.717) is 38.0 Å². The molecule has 0 aromatic carbocycles. The Balaban J connectivity index is 6.26. The maximum atomic E-state index is 14.1. The van der Waals surface area contributed by atoms with Gasteiger partial charge in [0.2, 0.25) is 53.2 Å². The van der Waals surface area contributed by atoms with E-state index in [9.17, 15) is 63.0 Å². The molecule has 0 heterocycles. The van der Waals surface area contributed by atoms with Crippen LogP contribution in [0.15, 0.2) is 0 Å². The molecule has 0 bridgehead atoms. The maximum absolute atomic E-state index is 14.1. The number of carboxylic acid groups (broad SMARTS) is 2. The van der Waals surface area contributed by atoms with Crippen LogP contribution in [0.3, 0.4) is 0 Å². The van der Waals surface area contributed by atoms with E-state index in [-0.39, 0.29) is 49.2 Å². The molecule has 0 rings (SSSR count). The highest BCUT2D eigenvalue weighted by Crippen LogP contribution is 2.15. The summed E-state index contributed by atoms with van der Waals surface area (Å²) < 4.78 is 0. The fraction of sp³-hybridized carbons (Fsp3) is 0.776. The van der Waals surface area contributed by atoms with Crippen LogP contribution in [0.1, 0.15) is 127 Å². The van der Waals surface area contributed by atoms with Crippen molar-refractivity contribution in [2.45, 2.75) is 187 Å². The first-order valence-electron chi connectivity index (χ1n) is 25.9. The fourth-order valence-electron chi connectivity index (χ4n) is 7.47. The standard InChI is InChI=1S/C49H89N11O14S2/c1-11-28(8)39(47(71)60-40(29(9)61)48(72)54-32(49(73)74)15-16-38(63)64)59-46(70)35(22-27(6)7)57-44(68)34(21-26(4)5)56-43(67)31(17-19-76-10)53-37(62)23-52-42(66)36(24-75)58-45(69)33(20-25(2)3)55-41(65)30(51)14-12-13-18-50/h25-36,39-40,61,75H,11-24,50-51H2,1-10H3,(H,52,66)(H,53,62)(H,54,72)(H,55,65)(H,56,67)(H,57,68)(H,58,69)(H,59,70)(H,60,71)(H,63,64)(H,73,74)/t28-,29+,30-,31-,32-,33-,34-,35-,36-,39-,40-/m0/s1. The number of thiol groups is 1. The molecule has 436 valence electrons. The minimum atomic E-state index is -1.72. The summed E-state index contributed by atoms with van der Waals surface area (Å²) in [4.78, 5) is 145. The second-order valence-electron chi connectivity index (χ2n) is 20.3. The first kappa shape index (κ1) is 70.8. The first-order valence-corrected chi connectivity index (χ1v) is 27.9. The third kappa shape index (κ3) is 28.2. The number of nitrogens with one attached hydrogen (secondary N) is 9. The van der Waals surface area contributed by atoms with Crippen molar-refractivity contribution in [3.8, 4) is 0 Å². The number of aliphatic hydroxyl groups excluding tert-OH is 1. The van der Waals surface area contributed by atoms with E-state index in [1.807, 2.05) is 13.8 Å². The molecule has 0 aliphatic heterocycles. The van der Waals surface area contributed by atoms with Crippen molar-refractivity contribution in [2.75, 3.05) is 30.9 Å². The molecule has 0 aromatic rings. The number of nitrogens with two attached hydrogens (primary N) is 2. The summed E-state index contributed by atoms with van der Waals surface area (Å²) in [5.74, 6) is -10.7. The van der Waals surface area contributed by atoms with E-state index in [4.69, 9.17) is 16.6 Å². The highest BCUT2D eigenvalue weighted by molar-refractivity contribution is 7.98. The third-order valence-electron chi connectivity index (χ3n) is 11.9. The van der Waals surface area contributed by atoms with E-state index in [0.717, 1.165) is 0 Å². The van der Waals surface area contributed by atoms with Crippen LogP contribution in [-0.4, -0.2) is 172 Å². The number of unbranched alkanes of at least 4 members (excludes halogenated alkanes) is 1. The molecule has 0 spiro atoms. The summed E-state index contributed by atoms with van der Waals surface area (Å²) >= 11 is 5.60. The van der Waals surface area contributed by atoms with Gasteiger partial charge in [-0.3, -0.25) is 47.9 Å². The van der Waals surface area contributed by atoms with Crippen LogP contribution in [-0.2, 0) is 52.7 Å². The van der Waals surface area contributed by atoms with Crippen molar-refractivity contribution < 1.29 is 68.1 Å². The average molecular weight is 1120 g/mol. The summed E-state index contributed by atoms with van der Waals surface area (Å²) in [5, 5.41) is 51.9. The number of carbonyl (C=O) groups excluding carboxylic acids is 9. The number of amides is 9. The smallest absolute Gasteiger partial charge is 0.326 e. The van der Waals surface area contributed by atoms with Crippen molar-refractivity contribution in [1.82, 2.24) is 47.9 Å². The lowest BCUT2D eigenvalue weighted by Gasteiger charge is -2.30. The van der Waals surface area contributed by atoms with Crippen molar-refractivity contribution in [3.63, 3.8) is 0 Å². The molecule has 25 nitrogen and oxygen atoms in total. The summed E-state index contributed by atoms with van der Waals surface area (Å²) in [7, 11) is 0. The number of hydrogen-bond acceptors (Lipinski definition) is 16. The van der Waals surface area contributed by atoms with Gasteiger partial charge in [0.1, 0.15) is 48.3 Å². The van der Waals surface area contributed by atoms with Gasteiger partial charge < -0.3 is 74.6 Å². The summed E-state index contributed by atoms with van der Waals surface area (Å²) in [6, 6.07) is -11.5. The second kappa shape index (κ2) is 37.5. The average Bonchev–Trinajstić information content (AvgIpc) is 3.33. The number of hydrogen-bond donors (Lipinski definition) is 15. The normalized spacial score (nSPS) is 15.7. The van der Waals surface area contributed by atoms with Gasteiger partial charge in [-0.15, -0.1) is 0 Å². The van der Waals surface area contributed by atoms with Crippen molar-refractivity contribution in [1.29, 1.82) is 0 Å². The van der Waals surface area contributed by atoms with Gasteiger partial charge in [-0.1, -0.05) is 68.2 Å². The number of carbonyl (C=O) groups is 11. The largest absolute Gasteiger partial charge is 0.481 e. The van der Waals surface area contributed by atoms with Gasteiger partial charge in [-0.05, 0) is 94.1 Å². The fourth-order valence-corrected chi connectivity index (χ4v) is 8.20. The van der Waals surface area contributed by atoms with Gasteiger partial charge in [0.15, 0.2) is 0 Å². The van der Waals surface area contributed by atoms with Crippen molar-refractivity contribution in [3.05, 3.63) is 0 Å². The van der Waals surface area contributed by atoms with Gasteiger partial charge >= 0.3 is 11.9 Å². The Labute approximate surface area is 456 Å². The molecule has 0 radical (unpaired) electrons. The quantitative estimate of drug-likeness (QED) is 0.0250. The molecule has 0 aliphatic rings. The number of thioether (sulfide) groups is 1. The lowest BCUT2D eigenvalue weighted by Crippen LogP contribution is -2.62. The molecule has 0 fully saturated rings. The topological polar surface area (TPSA) is 409 Å². The Bertz CT molecular complexity index is 1910. The molecule has 27 heteroatoms. The van der Waals surface area contributed by atoms with Crippen molar-refractivity contribution in [2.24, 2.45) is 35.1 Å². The Morgan fingerprint density at radius 2 is 0.987 bits per heavy atom. The minimum absolute atomic E-state index is 0.0279. The molecule has 0 saturated carbocycles. The molecule has 0 aromatic heterocycles. The van der Waals surface area contributed by atoms with Crippen LogP contribution >= 0.6 is 24.4 Å². The number of aliphatic carboxylic acids is 2. The monoisotopic (exact) mass is 1120 g/mol. The number of aliphatic hydroxyl groups is 1. The van der Waals surface area contributed by atoms with Crippen LogP contribution < -0.4 is 59.3 Å². The lowest BCUT2D eigenvalue weighted by atomic mass is 9.95. The Hall–Kier alpha value is -5.25. The highest BCUT2D eigenvalue weighted by atomic mass is 32.2. The van der Waals surface area contributed by atoms with E-state index < -0.39 is 151 Å². The number of rotatable bonds is 39. The van der Waals surface area contributed by atoms with Gasteiger partial charge in [0, 0.05) is 12.2 Å². The van der Waals surface area contributed by atoms with E-state index >= 15 is 0 Å². The predicted molar refractivity (Wildman–Crippen MR) is 290 cm³/mol. The maximum Gasteiger partial charge on any atom is 0.326 e. The zero-order valence-electron chi connectivity index (χ0n) is 45.8. The molecule has 11 atom stereocenters. The minimum Gasteiger partial charge on any atom is -0.481 e. The van der Waals surface area contributed by atoms with Crippen LogP contribution in [0.4, 0.5) is 0 Å². The summed E-state index contributed by atoms with van der Waals surface area (Å²) in [6.45, 7) is 15.3. The first-order chi connectivity index (χ1) is 35.5. The van der Waals surface area contributed by atoms with Crippen LogP contribution in [0.25, 0.3) is 0 Å². The van der Waals surface area contributed by atoms with E-state index in [1.54, 1.807) is 47.8 Å². The van der Waals surface area contributed by atoms with Crippen molar-refractivity contribution >= 4 is 89.5 Å². The third-order valence-corrected chi connectivity index (χ3v) is 13.0. The van der Waals surface area contributed by atoms with Gasteiger partial charge in [0.25, 0.3) is 0 Å². The van der Waals surface area contributed by atoms with Gasteiger partial charge in [0.05, 0.1) is 18.7 Å². The Kier molecular flexibility index (Phi) is 34.9.